The summed E-state index contributed by atoms with van der Waals surface area (Å²) in [6.07, 6.45) is 0. The Hall–Kier alpha value is -2.08. The quantitative estimate of drug-likeness (QED) is 0.686. The largest absolute Gasteiger partial charge is 0.496 e. The average molecular weight is 278 g/mol. The Balaban J connectivity index is 2.12. The monoisotopic (exact) mass is 278 g/mol. The van der Waals surface area contributed by atoms with Gasteiger partial charge in [0.25, 0.3) is 0 Å². The van der Waals surface area contributed by atoms with E-state index in [4.69, 9.17) is 15.2 Å². The first-order valence-electron chi connectivity index (χ1n) is 5.62. The molecule has 2 rings (SSSR count). The zero-order chi connectivity index (χ0) is 13.8. The van der Waals surface area contributed by atoms with Gasteiger partial charge in [-0.3, -0.25) is 0 Å². The van der Waals surface area contributed by atoms with Crippen molar-refractivity contribution in [3.8, 4) is 5.75 Å². The number of nitrogens with zero attached hydrogens (tertiary/aromatic N) is 1. The van der Waals surface area contributed by atoms with Gasteiger partial charge in [0.15, 0.2) is 0 Å². The summed E-state index contributed by atoms with van der Waals surface area (Å²) < 4.78 is 10.3. The molecule has 1 heterocycles. The fourth-order valence-electron chi connectivity index (χ4n) is 1.62. The number of rotatable bonds is 4. The number of carbonyl (C=O) groups excluding carboxylic acids is 1. The Morgan fingerprint density at radius 1 is 1.47 bits per heavy atom. The molecule has 6 heteroatoms. The molecule has 0 fully saturated rings. The third-order valence-electron chi connectivity index (χ3n) is 2.50. The van der Waals surface area contributed by atoms with Crippen LogP contribution in [-0.2, 0) is 11.3 Å². The summed E-state index contributed by atoms with van der Waals surface area (Å²) in [6.45, 7) is 2.02. The molecule has 0 aliphatic rings. The van der Waals surface area contributed by atoms with Gasteiger partial charge in [0.2, 0.25) is 0 Å². The molecule has 0 atom stereocenters. The number of esters is 1. The highest BCUT2D eigenvalue weighted by atomic mass is 32.1. The van der Waals surface area contributed by atoms with Crippen LogP contribution >= 0.6 is 11.3 Å². The van der Waals surface area contributed by atoms with Crippen LogP contribution in [0.4, 0.5) is 5.69 Å². The smallest absolute Gasteiger partial charge is 0.344 e. The number of carbonyl (C=O) groups is 1. The fraction of sp³-hybridized carbons (Fsp3) is 0.231. The van der Waals surface area contributed by atoms with Crippen molar-refractivity contribution in [3.05, 3.63) is 39.8 Å². The minimum atomic E-state index is -0.513. The molecule has 100 valence electrons. The molecule has 1 aromatic heterocycles. The maximum absolute atomic E-state index is 12.0. The summed E-state index contributed by atoms with van der Waals surface area (Å²) >= 11 is 1.51. The van der Waals surface area contributed by atoms with Gasteiger partial charge in [-0.2, -0.15) is 0 Å². The molecule has 0 aliphatic heterocycles. The first-order valence-corrected chi connectivity index (χ1v) is 6.50. The molecule has 0 bridgehead atoms. The molecular weight excluding hydrogens is 264 g/mol. The van der Waals surface area contributed by atoms with E-state index in [9.17, 15) is 4.79 Å². The Labute approximate surface area is 115 Å². The van der Waals surface area contributed by atoms with Crippen LogP contribution in [0.1, 0.15) is 21.1 Å². The van der Waals surface area contributed by atoms with E-state index in [0.29, 0.717) is 11.4 Å². The first-order chi connectivity index (χ1) is 9.11. The lowest BCUT2D eigenvalue weighted by Crippen LogP contribution is -2.10. The number of aryl methyl sites for hydroxylation is 1. The van der Waals surface area contributed by atoms with Crippen molar-refractivity contribution in [1.82, 2.24) is 4.98 Å². The predicted molar refractivity (Wildman–Crippen MR) is 73.4 cm³/mol. The van der Waals surface area contributed by atoms with Crippen LogP contribution in [0.25, 0.3) is 0 Å². The number of methoxy groups -OCH3 is 1. The first kappa shape index (κ1) is 13.4. The van der Waals surface area contributed by atoms with Crippen LogP contribution < -0.4 is 10.5 Å². The summed E-state index contributed by atoms with van der Waals surface area (Å²) in [5.74, 6) is -0.111. The van der Waals surface area contributed by atoms with E-state index in [0.717, 1.165) is 10.7 Å². The SMILES string of the molecule is COc1cccc(N)c1C(=O)OCc1csc(C)n1. The normalized spacial score (nSPS) is 10.2. The maximum Gasteiger partial charge on any atom is 0.344 e. The van der Waals surface area contributed by atoms with Gasteiger partial charge >= 0.3 is 5.97 Å². The standard InChI is InChI=1S/C13H14N2O3S/c1-8-15-9(7-19-8)6-18-13(16)12-10(14)4-3-5-11(12)17-2/h3-5,7H,6,14H2,1-2H3. The molecule has 2 N–H and O–H groups in total. The highest BCUT2D eigenvalue weighted by molar-refractivity contribution is 7.09. The molecule has 19 heavy (non-hydrogen) atoms. The number of benzene rings is 1. The summed E-state index contributed by atoms with van der Waals surface area (Å²) in [4.78, 5) is 16.2. The van der Waals surface area contributed by atoms with E-state index >= 15 is 0 Å². The Kier molecular flexibility index (Phi) is 4.01. The lowest BCUT2D eigenvalue weighted by Gasteiger charge is -2.10. The molecular formula is C13H14N2O3S. The van der Waals surface area contributed by atoms with Crippen LogP contribution in [-0.4, -0.2) is 18.1 Å². The average Bonchev–Trinajstić information content (AvgIpc) is 2.81. The Morgan fingerprint density at radius 2 is 2.26 bits per heavy atom. The van der Waals surface area contributed by atoms with Gasteiger partial charge in [-0.25, -0.2) is 9.78 Å². The number of anilines is 1. The van der Waals surface area contributed by atoms with Crippen LogP contribution in [0.3, 0.4) is 0 Å². The molecule has 0 aliphatic carbocycles. The molecule has 0 saturated carbocycles. The van der Waals surface area contributed by atoms with Gasteiger partial charge < -0.3 is 15.2 Å². The van der Waals surface area contributed by atoms with Gasteiger partial charge in [0, 0.05) is 11.1 Å². The number of ether oxygens (including phenoxy) is 2. The number of nitrogens with two attached hydrogens (primary N) is 1. The number of thiazole rings is 1. The van der Waals surface area contributed by atoms with Crippen molar-refractivity contribution in [2.75, 3.05) is 12.8 Å². The highest BCUT2D eigenvalue weighted by Crippen LogP contribution is 2.25. The van der Waals surface area contributed by atoms with E-state index < -0.39 is 5.97 Å². The van der Waals surface area contributed by atoms with Crippen molar-refractivity contribution >= 4 is 23.0 Å². The van der Waals surface area contributed by atoms with Crippen molar-refractivity contribution in [1.29, 1.82) is 0 Å². The third-order valence-corrected chi connectivity index (χ3v) is 3.32. The van der Waals surface area contributed by atoms with Gasteiger partial charge in [0.1, 0.15) is 17.9 Å². The summed E-state index contributed by atoms with van der Waals surface area (Å²) in [5, 5.41) is 2.79. The van der Waals surface area contributed by atoms with E-state index in [1.165, 1.54) is 18.4 Å². The lowest BCUT2D eigenvalue weighted by molar-refractivity contribution is 0.0466. The van der Waals surface area contributed by atoms with E-state index in [1.54, 1.807) is 18.2 Å². The third kappa shape index (κ3) is 3.03. The molecule has 0 unspecified atom stereocenters. The summed E-state index contributed by atoms with van der Waals surface area (Å²) in [6, 6.07) is 5.01. The van der Waals surface area contributed by atoms with Gasteiger partial charge in [-0.05, 0) is 19.1 Å². The van der Waals surface area contributed by atoms with Gasteiger partial charge in [0.05, 0.1) is 17.8 Å². The van der Waals surface area contributed by atoms with E-state index in [2.05, 4.69) is 4.98 Å². The topological polar surface area (TPSA) is 74.4 Å². The summed E-state index contributed by atoms with van der Waals surface area (Å²) in [5.41, 5.74) is 7.08. The van der Waals surface area contributed by atoms with Crippen molar-refractivity contribution < 1.29 is 14.3 Å². The second kappa shape index (κ2) is 5.71. The van der Waals surface area contributed by atoms with Gasteiger partial charge in [-0.15, -0.1) is 11.3 Å². The molecule has 5 nitrogen and oxygen atoms in total. The second-order valence-electron chi connectivity index (χ2n) is 3.86. The minimum Gasteiger partial charge on any atom is -0.496 e. The molecule has 0 amide bonds. The van der Waals surface area contributed by atoms with Crippen LogP contribution in [0, 0.1) is 6.92 Å². The summed E-state index contributed by atoms with van der Waals surface area (Å²) in [7, 11) is 1.48. The van der Waals surface area contributed by atoms with Crippen LogP contribution in [0.2, 0.25) is 0 Å². The second-order valence-corrected chi connectivity index (χ2v) is 4.92. The van der Waals surface area contributed by atoms with Gasteiger partial charge in [-0.1, -0.05) is 6.07 Å². The number of nitrogen functional groups attached to an aromatic ring is 1. The fourth-order valence-corrected chi connectivity index (χ4v) is 2.22. The van der Waals surface area contributed by atoms with Crippen molar-refractivity contribution in [3.63, 3.8) is 0 Å². The molecule has 0 saturated heterocycles. The number of hydrogen-bond donors (Lipinski definition) is 1. The van der Waals surface area contributed by atoms with E-state index in [-0.39, 0.29) is 12.2 Å². The minimum absolute atomic E-state index is 0.126. The molecule has 2 aromatic rings. The lowest BCUT2D eigenvalue weighted by atomic mass is 10.1. The number of aromatic nitrogens is 1. The van der Waals surface area contributed by atoms with Crippen molar-refractivity contribution in [2.24, 2.45) is 0 Å². The zero-order valence-electron chi connectivity index (χ0n) is 10.7. The Bertz CT molecular complexity index is 595. The van der Waals surface area contributed by atoms with Crippen molar-refractivity contribution in [2.45, 2.75) is 13.5 Å². The highest BCUT2D eigenvalue weighted by Gasteiger charge is 2.17. The van der Waals surface area contributed by atoms with Crippen LogP contribution in [0.15, 0.2) is 23.6 Å². The molecule has 1 aromatic carbocycles. The number of hydrogen-bond acceptors (Lipinski definition) is 6. The maximum atomic E-state index is 12.0. The molecule has 0 spiro atoms. The predicted octanol–water partition coefficient (Wildman–Crippen LogP) is 2.40. The van der Waals surface area contributed by atoms with Crippen LogP contribution in [0.5, 0.6) is 5.75 Å². The molecule has 0 radical (unpaired) electrons. The van der Waals surface area contributed by atoms with E-state index in [1.807, 2.05) is 12.3 Å². The Morgan fingerprint density at radius 3 is 2.89 bits per heavy atom. The zero-order valence-corrected chi connectivity index (χ0v) is 11.5.